The number of nitrogens with zero attached hydrogens (tertiary/aromatic N) is 1. The van der Waals surface area contributed by atoms with Gasteiger partial charge < -0.3 is 26.0 Å². The molecule has 1 amide bonds. The van der Waals surface area contributed by atoms with Gasteiger partial charge in [-0.1, -0.05) is 0 Å². The van der Waals surface area contributed by atoms with Crippen LogP contribution in [0.3, 0.4) is 0 Å². The van der Waals surface area contributed by atoms with E-state index in [2.05, 4.69) is 5.32 Å². The summed E-state index contributed by atoms with van der Waals surface area (Å²) in [6.07, 6.45) is -1.51. The molecule has 10 heteroatoms. The van der Waals surface area contributed by atoms with Crippen molar-refractivity contribution in [3.8, 4) is 0 Å². The zero-order valence-electron chi connectivity index (χ0n) is 12.8. The molecule has 0 heterocycles. The topological polar surface area (TPSA) is 165 Å². The predicted octanol–water partition coefficient (Wildman–Crippen LogP) is 0.374. The predicted molar refractivity (Wildman–Crippen MR) is 82.1 cm³/mol. The molecule has 24 heavy (non-hydrogen) atoms. The molecule has 0 bridgehead atoms. The minimum atomic E-state index is -1.15. The van der Waals surface area contributed by atoms with Gasteiger partial charge in [-0.3, -0.25) is 14.9 Å². The summed E-state index contributed by atoms with van der Waals surface area (Å²) >= 11 is 0. The average molecular weight is 341 g/mol. The molecule has 0 spiro atoms. The number of carbonyl (C=O) groups excluding carboxylic acids is 1. The lowest BCUT2D eigenvalue weighted by atomic mass is 10.1. The quantitative estimate of drug-likeness (QED) is 0.369. The van der Waals surface area contributed by atoms with E-state index in [9.17, 15) is 24.8 Å². The van der Waals surface area contributed by atoms with Crippen molar-refractivity contribution >= 4 is 17.7 Å². The van der Waals surface area contributed by atoms with Crippen LogP contribution in [-0.2, 0) is 16.1 Å². The van der Waals surface area contributed by atoms with E-state index < -0.39 is 29.1 Å². The normalized spacial score (nSPS) is 12.9. The number of alkyl carbamates (subject to hydrolysis) is 1. The van der Waals surface area contributed by atoms with Gasteiger partial charge in [-0.05, 0) is 30.5 Å². The van der Waals surface area contributed by atoms with Crippen molar-refractivity contribution in [3.63, 3.8) is 0 Å². The second-order valence-corrected chi connectivity index (χ2v) is 5.06. The van der Waals surface area contributed by atoms with Crippen LogP contribution < -0.4 is 11.1 Å². The van der Waals surface area contributed by atoms with Crippen molar-refractivity contribution in [2.45, 2.75) is 31.6 Å². The van der Waals surface area contributed by atoms with Gasteiger partial charge in [0.2, 0.25) is 0 Å². The number of hydrogen-bond donors (Lipinski definition) is 4. The zero-order chi connectivity index (χ0) is 18.1. The van der Waals surface area contributed by atoms with Gasteiger partial charge in [-0.15, -0.1) is 0 Å². The third-order valence-electron chi connectivity index (χ3n) is 3.13. The third kappa shape index (κ3) is 7.03. The van der Waals surface area contributed by atoms with E-state index >= 15 is 0 Å². The van der Waals surface area contributed by atoms with Crippen LogP contribution in [0.4, 0.5) is 10.5 Å². The SMILES string of the molecule is N[C@@H](CCC(O)CNC(=O)OCc1ccc([N+](=O)[O-])cc1)C(=O)O. The number of nitro groups is 1. The first-order valence-corrected chi connectivity index (χ1v) is 7.10. The van der Waals surface area contributed by atoms with E-state index in [1.54, 1.807) is 0 Å². The molecule has 132 valence electrons. The van der Waals surface area contributed by atoms with E-state index in [0.717, 1.165) is 0 Å². The molecular formula is C14H19N3O7. The van der Waals surface area contributed by atoms with Gasteiger partial charge in [0, 0.05) is 18.7 Å². The molecule has 1 unspecified atom stereocenters. The number of nitro benzene ring substituents is 1. The van der Waals surface area contributed by atoms with Gasteiger partial charge in [0.1, 0.15) is 12.6 Å². The summed E-state index contributed by atoms with van der Waals surface area (Å²) in [7, 11) is 0. The maximum atomic E-state index is 11.5. The van der Waals surface area contributed by atoms with E-state index in [-0.39, 0.29) is 31.7 Å². The number of nitrogens with one attached hydrogen (secondary N) is 1. The number of benzene rings is 1. The molecule has 1 aromatic rings. The molecular weight excluding hydrogens is 322 g/mol. The second-order valence-electron chi connectivity index (χ2n) is 5.06. The molecule has 0 fully saturated rings. The maximum absolute atomic E-state index is 11.5. The van der Waals surface area contributed by atoms with E-state index in [0.29, 0.717) is 5.56 Å². The lowest BCUT2D eigenvalue weighted by molar-refractivity contribution is -0.384. The van der Waals surface area contributed by atoms with Crippen LogP contribution in [0.2, 0.25) is 0 Å². The highest BCUT2D eigenvalue weighted by Crippen LogP contribution is 2.12. The standard InChI is InChI=1S/C14H19N3O7/c15-12(13(19)20)6-5-11(18)7-16-14(21)24-8-9-1-3-10(4-2-9)17(22)23/h1-4,11-12,18H,5-8,15H2,(H,16,21)(H,19,20)/t11?,12-/m0/s1. The molecule has 1 rings (SSSR count). The summed E-state index contributed by atoms with van der Waals surface area (Å²) in [4.78, 5) is 32.0. The monoisotopic (exact) mass is 341 g/mol. The van der Waals surface area contributed by atoms with Crippen molar-refractivity contribution in [1.29, 1.82) is 0 Å². The Morgan fingerprint density at radius 3 is 2.46 bits per heavy atom. The molecule has 0 aliphatic rings. The number of carboxylic acids is 1. The number of nitrogens with two attached hydrogens (primary N) is 1. The number of amides is 1. The number of aliphatic hydroxyl groups is 1. The number of non-ortho nitro benzene ring substituents is 1. The Hall–Kier alpha value is -2.72. The van der Waals surface area contributed by atoms with Gasteiger partial charge in [-0.25, -0.2) is 4.79 Å². The smallest absolute Gasteiger partial charge is 0.407 e. The highest BCUT2D eigenvalue weighted by atomic mass is 16.6. The summed E-state index contributed by atoms with van der Waals surface area (Å²) in [5.41, 5.74) is 5.81. The first-order valence-electron chi connectivity index (χ1n) is 7.10. The number of carboxylic acid groups (broad SMARTS) is 1. The molecule has 0 aromatic heterocycles. The van der Waals surface area contributed by atoms with E-state index in [1.165, 1.54) is 24.3 Å². The lowest BCUT2D eigenvalue weighted by Gasteiger charge is -2.13. The molecule has 0 saturated carbocycles. The molecule has 5 N–H and O–H groups in total. The summed E-state index contributed by atoms with van der Waals surface area (Å²) < 4.78 is 4.89. The van der Waals surface area contributed by atoms with Crippen LogP contribution in [-0.4, -0.2) is 45.9 Å². The van der Waals surface area contributed by atoms with Crippen LogP contribution >= 0.6 is 0 Å². The first kappa shape index (κ1) is 19.3. The largest absolute Gasteiger partial charge is 0.480 e. The fraction of sp³-hybridized carbons (Fsp3) is 0.429. The van der Waals surface area contributed by atoms with Crippen LogP contribution in [0.5, 0.6) is 0 Å². The third-order valence-corrected chi connectivity index (χ3v) is 3.13. The Balaban J connectivity index is 2.26. The highest BCUT2D eigenvalue weighted by Gasteiger charge is 2.15. The Bertz CT molecular complexity index is 576. The van der Waals surface area contributed by atoms with Crippen molar-refractivity contribution < 1.29 is 29.5 Å². The second kappa shape index (κ2) is 9.43. The Kier molecular flexibility index (Phi) is 7.59. The van der Waals surface area contributed by atoms with Gasteiger partial charge >= 0.3 is 12.1 Å². The van der Waals surface area contributed by atoms with Crippen LogP contribution in [0.15, 0.2) is 24.3 Å². The first-order chi connectivity index (χ1) is 11.3. The molecule has 0 radical (unpaired) electrons. The molecule has 1 aromatic carbocycles. The van der Waals surface area contributed by atoms with Crippen molar-refractivity contribution in [2.75, 3.05) is 6.54 Å². The Morgan fingerprint density at radius 1 is 1.29 bits per heavy atom. The maximum Gasteiger partial charge on any atom is 0.407 e. The van der Waals surface area contributed by atoms with Crippen molar-refractivity contribution in [1.82, 2.24) is 5.32 Å². The summed E-state index contributed by atoms with van der Waals surface area (Å²) in [6.45, 7) is -0.185. The number of aliphatic carboxylic acids is 1. The average Bonchev–Trinajstić information content (AvgIpc) is 2.56. The van der Waals surface area contributed by atoms with Crippen molar-refractivity contribution in [2.24, 2.45) is 5.73 Å². The van der Waals surface area contributed by atoms with Gasteiger partial charge in [0.15, 0.2) is 0 Å². The van der Waals surface area contributed by atoms with E-state index in [4.69, 9.17) is 15.6 Å². The zero-order valence-corrected chi connectivity index (χ0v) is 12.8. The molecule has 0 saturated heterocycles. The Morgan fingerprint density at radius 2 is 1.92 bits per heavy atom. The van der Waals surface area contributed by atoms with Crippen molar-refractivity contribution in [3.05, 3.63) is 39.9 Å². The minimum Gasteiger partial charge on any atom is -0.480 e. The van der Waals surface area contributed by atoms with E-state index in [1.807, 2.05) is 0 Å². The summed E-state index contributed by atoms with van der Waals surface area (Å²) in [5.74, 6) is -1.15. The fourth-order valence-corrected chi connectivity index (χ4v) is 1.71. The number of carbonyl (C=O) groups is 2. The van der Waals surface area contributed by atoms with Gasteiger partial charge in [-0.2, -0.15) is 0 Å². The summed E-state index contributed by atoms with van der Waals surface area (Å²) in [6, 6.07) is 4.47. The van der Waals surface area contributed by atoms with Gasteiger partial charge in [0.25, 0.3) is 5.69 Å². The molecule has 10 nitrogen and oxygen atoms in total. The fourth-order valence-electron chi connectivity index (χ4n) is 1.71. The minimum absolute atomic E-state index is 0.0640. The number of aliphatic hydroxyl groups excluding tert-OH is 1. The summed E-state index contributed by atoms with van der Waals surface area (Å²) in [5, 5.41) is 31.1. The van der Waals surface area contributed by atoms with Gasteiger partial charge in [0.05, 0.1) is 11.0 Å². The molecule has 0 aliphatic carbocycles. The van der Waals surface area contributed by atoms with Crippen LogP contribution in [0.1, 0.15) is 18.4 Å². The Labute approximate surface area is 137 Å². The molecule has 0 aliphatic heterocycles. The van der Waals surface area contributed by atoms with Crippen LogP contribution in [0.25, 0.3) is 0 Å². The molecule has 2 atom stereocenters. The lowest BCUT2D eigenvalue weighted by Crippen LogP contribution is -2.35. The number of hydrogen-bond acceptors (Lipinski definition) is 7. The van der Waals surface area contributed by atoms with Crippen LogP contribution in [0, 0.1) is 10.1 Å². The highest BCUT2D eigenvalue weighted by molar-refractivity contribution is 5.72. The number of ether oxygens (including phenoxy) is 1. The number of rotatable bonds is 9.